The lowest BCUT2D eigenvalue weighted by Gasteiger charge is -2.13. The zero-order chi connectivity index (χ0) is 12.8. The summed E-state index contributed by atoms with van der Waals surface area (Å²) in [5.41, 5.74) is 0.422. The zero-order valence-corrected chi connectivity index (χ0v) is 11.7. The minimum Gasteiger partial charge on any atom is -0.496 e. The van der Waals surface area contributed by atoms with Crippen molar-refractivity contribution in [3.63, 3.8) is 0 Å². The molecule has 0 fully saturated rings. The summed E-state index contributed by atoms with van der Waals surface area (Å²) >= 11 is 3.37. The quantitative estimate of drug-likeness (QED) is 0.848. The first-order valence-corrected chi connectivity index (χ1v) is 6.15. The molecule has 1 aromatic carbocycles. The molecule has 0 saturated carbocycles. The zero-order valence-electron chi connectivity index (χ0n) is 10.1. The van der Waals surface area contributed by atoms with E-state index < -0.39 is 0 Å². The van der Waals surface area contributed by atoms with Gasteiger partial charge in [0.2, 0.25) is 0 Å². The van der Waals surface area contributed by atoms with Crippen molar-refractivity contribution in [3.05, 3.63) is 23.8 Å². The van der Waals surface area contributed by atoms with Gasteiger partial charge in [-0.1, -0.05) is 28.9 Å². The van der Waals surface area contributed by atoms with Crippen LogP contribution in [0.2, 0.25) is 0 Å². The molecule has 17 heavy (non-hydrogen) atoms. The SMILES string of the molecule is COc1cccc(OC)c1C(=O)NCC(C)Br. The van der Waals surface area contributed by atoms with Crippen molar-refractivity contribution >= 4 is 21.8 Å². The first-order valence-electron chi connectivity index (χ1n) is 5.23. The molecule has 0 aliphatic carbocycles. The Kier molecular flexibility index (Phi) is 5.28. The molecule has 0 heterocycles. The van der Waals surface area contributed by atoms with Gasteiger partial charge in [-0.15, -0.1) is 0 Å². The predicted octanol–water partition coefficient (Wildman–Crippen LogP) is 2.22. The maximum absolute atomic E-state index is 12.0. The van der Waals surface area contributed by atoms with Gasteiger partial charge in [0.25, 0.3) is 5.91 Å². The van der Waals surface area contributed by atoms with Crippen LogP contribution in [0.4, 0.5) is 0 Å². The van der Waals surface area contributed by atoms with Gasteiger partial charge < -0.3 is 14.8 Å². The Morgan fingerprint density at radius 2 is 1.88 bits per heavy atom. The molecule has 1 unspecified atom stereocenters. The Morgan fingerprint density at radius 3 is 2.29 bits per heavy atom. The minimum atomic E-state index is -0.203. The fourth-order valence-electron chi connectivity index (χ4n) is 1.40. The van der Waals surface area contributed by atoms with Crippen LogP contribution in [0.1, 0.15) is 17.3 Å². The third kappa shape index (κ3) is 3.63. The van der Waals surface area contributed by atoms with Crippen LogP contribution < -0.4 is 14.8 Å². The molecule has 4 nitrogen and oxygen atoms in total. The molecule has 1 N–H and O–H groups in total. The fraction of sp³-hybridized carbons (Fsp3) is 0.417. The molecule has 0 radical (unpaired) electrons. The number of alkyl halides is 1. The number of halogens is 1. The standard InChI is InChI=1S/C12H16BrNO3/c1-8(13)7-14-12(15)11-9(16-2)5-4-6-10(11)17-3/h4-6,8H,7H2,1-3H3,(H,14,15). The Hall–Kier alpha value is -1.23. The molecular weight excluding hydrogens is 286 g/mol. The summed E-state index contributed by atoms with van der Waals surface area (Å²) in [5.74, 6) is 0.804. The second kappa shape index (κ2) is 6.49. The molecular formula is C12H16BrNO3. The highest BCUT2D eigenvalue weighted by Crippen LogP contribution is 2.27. The summed E-state index contributed by atoms with van der Waals surface area (Å²) in [6.45, 7) is 2.50. The van der Waals surface area contributed by atoms with Gasteiger partial charge in [-0.05, 0) is 12.1 Å². The van der Waals surface area contributed by atoms with Crippen molar-refractivity contribution < 1.29 is 14.3 Å². The van der Waals surface area contributed by atoms with E-state index >= 15 is 0 Å². The van der Waals surface area contributed by atoms with Gasteiger partial charge >= 0.3 is 0 Å². The number of benzene rings is 1. The van der Waals surface area contributed by atoms with Gasteiger partial charge in [-0.3, -0.25) is 4.79 Å². The van der Waals surface area contributed by atoms with Crippen LogP contribution in [-0.2, 0) is 0 Å². The molecule has 1 amide bonds. The van der Waals surface area contributed by atoms with Crippen molar-refractivity contribution in [2.45, 2.75) is 11.8 Å². The molecule has 94 valence electrons. The highest BCUT2D eigenvalue weighted by atomic mass is 79.9. The Balaban J connectivity index is 2.97. The number of rotatable bonds is 5. The lowest BCUT2D eigenvalue weighted by molar-refractivity contribution is 0.0948. The second-order valence-corrected chi connectivity index (χ2v) is 5.09. The second-order valence-electron chi connectivity index (χ2n) is 3.53. The fourth-order valence-corrected chi connectivity index (χ4v) is 1.56. The molecule has 0 aliphatic rings. The normalized spacial score (nSPS) is 11.8. The van der Waals surface area contributed by atoms with Gasteiger partial charge in [0.15, 0.2) is 0 Å². The summed E-state index contributed by atoms with van der Waals surface area (Å²) in [5, 5.41) is 2.80. The summed E-state index contributed by atoms with van der Waals surface area (Å²) in [4.78, 5) is 12.2. The monoisotopic (exact) mass is 301 g/mol. The van der Waals surface area contributed by atoms with Crippen LogP contribution in [0.3, 0.4) is 0 Å². The highest BCUT2D eigenvalue weighted by Gasteiger charge is 2.17. The first-order chi connectivity index (χ1) is 8.10. The van der Waals surface area contributed by atoms with Gasteiger partial charge in [-0.25, -0.2) is 0 Å². The Bertz CT molecular complexity index is 371. The molecule has 1 atom stereocenters. The van der Waals surface area contributed by atoms with Crippen LogP contribution in [0.25, 0.3) is 0 Å². The maximum atomic E-state index is 12.0. The van der Waals surface area contributed by atoms with Crippen LogP contribution in [-0.4, -0.2) is 31.5 Å². The molecule has 5 heteroatoms. The van der Waals surface area contributed by atoms with E-state index in [2.05, 4.69) is 21.2 Å². The van der Waals surface area contributed by atoms with E-state index in [-0.39, 0.29) is 10.7 Å². The van der Waals surface area contributed by atoms with Gasteiger partial charge in [0.1, 0.15) is 17.1 Å². The number of hydrogen-bond acceptors (Lipinski definition) is 3. The summed E-state index contributed by atoms with van der Waals surface area (Å²) in [6.07, 6.45) is 0. The van der Waals surface area contributed by atoms with E-state index in [0.29, 0.717) is 23.6 Å². The molecule has 1 aromatic rings. The number of nitrogens with one attached hydrogen (secondary N) is 1. The number of carbonyl (C=O) groups excluding carboxylic acids is 1. The van der Waals surface area contributed by atoms with Crippen molar-refractivity contribution in [1.29, 1.82) is 0 Å². The van der Waals surface area contributed by atoms with E-state index in [0.717, 1.165) is 0 Å². The van der Waals surface area contributed by atoms with E-state index in [1.807, 2.05) is 6.92 Å². The summed E-state index contributed by atoms with van der Waals surface area (Å²) < 4.78 is 10.3. The predicted molar refractivity (Wildman–Crippen MR) is 70.3 cm³/mol. The van der Waals surface area contributed by atoms with Crippen LogP contribution in [0.5, 0.6) is 11.5 Å². The molecule has 0 saturated heterocycles. The molecule has 0 bridgehead atoms. The Morgan fingerprint density at radius 1 is 1.35 bits per heavy atom. The van der Waals surface area contributed by atoms with Crippen molar-refractivity contribution in [3.8, 4) is 11.5 Å². The van der Waals surface area contributed by atoms with Crippen LogP contribution >= 0.6 is 15.9 Å². The number of methoxy groups -OCH3 is 2. The lowest BCUT2D eigenvalue weighted by Crippen LogP contribution is -2.29. The number of carbonyl (C=O) groups is 1. The first kappa shape index (κ1) is 13.8. The van der Waals surface area contributed by atoms with Crippen LogP contribution in [0.15, 0.2) is 18.2 Å². The summed E-state index contributed by atoms with van der Waals surface area (Å²) in [6, 6.07) is 5.24. The van der Waals surface area contributed by atoms with Crippen LogP contribution in [0, 0.1) is 0 Å². The number of hydrogen-bond donors (Lipinski definition) is 1. The minimum absolute atomic E-state index is 0.203. The van der Waals surface area contributed by atoms with E-state index in [9.17, 15) is 4.79 Å². The van der Waals surface area contributed by atoms with Crippen molar-refractivity contribution in [2.24, 2.45) is 0 Å². The van der Waals surface area contributed by atoms with Gasteiger partial charge in [-0.2, -0.15) is 0 Å². The molecule has 0 aliphatic heterocycles. The summed E-state index contributed by atoms with van der Waals surface area (Å²) in [7, 11) is 3.05. The highest BCUT2D eigenvalue weighted by molar-refractivity contribution is 9.09. The largest absolute Gasteiger partial charge is 0.496 e. The Labute approximate surface area is 109 Å². The number of amides is 1. The van der Waals surface area contributed by atoms with E-state index in [1.54, 1.807) is 18.2 Å². The average molecular weight is 302 g/mol. The van der Waals surface area contributed by atoms with Gasteiger partial charge in [0, 0.05) is 11.4 Å². The molecule has 1 rings (SSSR count). The van der Waals surface area contributed by atoms with Crippen molar-refractivity contribution in [1.82, 2.24) is 5.32 Å². The molecule has 0 aromatic heterocycles. The lowest BCUT2D eigenvalue weighted by atomic mass is 10.1. The topological polar surface area (TPSA) is 47.6 Å². The average Bonchev–Trinajstić information content (AvgIpc) is 2.34. The molecule has 0 spiro atoms. The van der Waals surface area contributed by atoms with E-state index in [4.69, 9.17) is 9.47 Å². The van der Waals surface area contributed by atoms with Gasteiger partial charge in [0.05, 0.1) is 14.2 Å². The van der Waals surface area contributed by atoms with Crippen molar-refractivity contribution in [2.75, 3.05) is 20.8 Å². The third-order valence-corrected chi connectivity index (χ3v) is 2.52. The smallest absolute Gasteiger partial charge is 0.258 e. The third-order valence-electron chi connectivity index (χ3n) is 2.20. The number of ether oxygens (including phenoxy) is 2. The maximum Gasteiger partial charge on any atom is 0.258 e. The van der Waals surface area contributed by atoms with E-state index in [1.165, 1.54) is 14.2 Å².